The predicted molar refractivity (Wildman–Crippen MR) is 98.6 cm³/mol. The summed E-state index contributed by atoms with van der Waals surface area (Å²) in [7, 11) is 1.58. The molecule has 3 N–H and O–H groups in total. The largest absolute Gasteiger partial charge is 0.496 e. The van der Waals surface area contributed by atoms with E-state index in [1.54, 1.807) is 23.9 Å². The van der Waals surface area contributed by atoms with Gasteiger partial charge >= 0.3 is 0 Å². The zero-order valence-electron chi connectivity index (χ0n) is 13.5. The van der Waals surface area contributed by atoms with E-state index < -0.39 is 0 Å². The number of nitrogen functional groups attached to an aromatic ring is 1. The molecule has 0 radical (unpaired) electrons. The Labute approximate surface area is 154 Å². The Kier molecular flexibility index (Phi) is 4.73. The van der Waals surface area contributed by atoms with E-state index in [9.17, 15) is 0 Å². The first-order chi connectivity index (χ1) is 12.0. The second kappa shape index (κ2) is 6.81. The Morgan fingerprint density at radius 3 is 2.76 bits per heavy atom. The van der Waals surface area contributed by atoms with Crippen LogP contribution in [0.25, 0.3) is 16.7 Å². The number of aryl methyl sites for hydroxylation is 1. The summed E-state index contributed by atoms with van der Waals surface area (Å²) in [6.45, 7) is 1.63. The third kappa shape index (κ3) is 3.10. The topological polar surface area (TPSA) is 86.2 Å². The van der Waals surface area contributed by atoms with Gasteiger partial charge in [-0.05, 0) is 18.6 Å². The number of aliphatic hydroxyl groups excluding tert-OH is 1. The number of aromatic nitrogens is 3. The van der Waals surface area contributed by atoms with Gasteiger partial charge in [-0.1, -0.05) is 35.0 Å². The van der Waals surface area contributed by atoms with Crippen molar-refractivity contribution in [1.29, 1.82) is 0 Å². The van der Waals surface area contributed by atoms with Gasteiger partial charge in [0.25, 0.3) is 0 Å². The highest BCUT2D eigenvalue weighted by molar-refractivity contribution is 6.35. The summed E-state index contributed by atoms with van der Waals surface area (Å²) < 4.78 is 7.04. The zero-order chi connectivity index (χ0) is 18.1. The molecule has 0 spiro atoms. The van der Waals surface area contributed by atoms with Crippen molar-refractivity contribution in [2.75, 3.05) is 19.5 Å². The van der Waals surface area contributed by atoms with E-state index in [4.69, 9.17) is 38.8 Å². The van der Waals surface area contributed by atoms with E-state index >= 15 is 0 Å². The van der Waals surface area contributed by atoms with E-state index in [0.717, 1.165) is 5.56 Å². The highest BCUT2D eigenvalue weighted by atomic mass is 35.5. The molecule has 6 nitrogen and oxygen atoms in total. The Bertz CT molecular complexity index is 1030. The van der Waals surface area contributed by atoms with Gasteiger partial charge in [-0.2, -0.15) is 4.98 Å². The molecule has 2 heterocycles. The van der Waals surface area contributed by atoms with Gasteiger partial charge in [0, 0.05) is 12.3 Å². The Morgan fingerprint density at radius 2 is 2.08 bits per heavy atom. The summed E-state index contributed by atoms with van der Waals surface area (Å²) in [5, 5.41) is 10.2. The molecule has 0 unspecified atom stereocenters. The van der Waals surface area contributed by atoms with Crippen molar-refractivity contribution in [2.24, 2.45) is 0 Å². The summed E-state index contributed by atoms with van der Waals surface area (Å²) in [5.41, 5.74) is 8.37. The molecule has 0 bridgehead atoms. The molecule has 0 saturated carbocycles. The molecule has 0 aliphatic rings. The number of hydrogen-bond donors (Lipinski definition) is 2. The maximum absolute atomic E-state index is 8.98. The molecule has 0 amide bonds. The molecule has 1 aromatic carbocycles. The number of hydrogen-bond acceptors (Lipinski definition) is 5. The minimum atomic E-state index is -0.275. The van der Waals surface area contributed by atoms with Crippen LogP contribution in [0.5, 0.6) is 5.75 Å². The zero-order valence-corrected chi connectivity index (χ0v) is 15.0. The van der Waals surface area contributed by atoms with Crippen molar-refractivity contribution < 1.29 is 9.84 Å². The fourth-order valence-corrected chi connectivity index (χ4v) is 3.08. The number of methoxy groups -OCH3 is 1. The summed E-state index contributed by atoms with van der Waals surface area (Å²) in [6.07, 6.45) is 1.74. The van der Waals surface area contributed by atoms with E-state index in [1.807, 2.05) is 13.0 Å². The number of rotatable bonds is 2. The molecule has 3 aromatic rings. The Hall–Kier alpha value is -2.46. The lowest BCUT2D eigenvalue weighted by molar-refractivity contribution is 0.350. The van der Waals surface area contributed by atoms with Gasteiger partial charge in [0.05, 0.1) is 28.8 Å². The lowest BCUT2D eigenvalue weighted by Crippen LogP contribution is -2.01. The van der Waals surface area contributed by atoms with Crippen LogP contribution >= 0.6 is 23.2 Å². The molecule has 128 valence electrons. The normalized spacial score (nSPS) is 10.6. The summed E-state index contributed by atoms with van der Waals surface area (Å²) >= 11 is 12.7. The van der Waals surface area contributed by atoms with Crippen LogP contribution in [0, 0.1) is 18.8 Å². The number of anilines is 1. The smallest absolute Gasteiger partial charge is 0.223 e. The number of nitrogens with two attached hydrogens (primary N) is 1. The molecule has 0 aliphatic carbocycles. The first-order valence-electron chi connectivity index (χ1n) is 7.24. The third-order valence-corrected chi connectivity index (χ3v) is 4.22. The van der Waals surface area contributed by atoms with Crippen LogP contribution in [0.4, 0.5) is 5.95 Å². The van der Waals surface area contributed by atoms with Crippen molar-refractivity contribution in [3.05, 3.63) is 39.6 Å². The molecular formula is C17H14Cl2N4O2. The first kappa shape index (κ1) is 17.4. The lowest BCUT2D eigenvalue weighted by Gasteiger charge is -2.12. The Morgan fingerprint density at radius 1 is 1.32 bits per heavy atom. The van der Waals surface area contributed by atoms with Gasteiger partial charge in [-0.3, -0.25) is 4.57 Å². The second-order valence-corrected chi connectivity index (χ2v) is 5.98. The number of benzene rings is 1. The molecule has 8 heteroatoms. The van der Waals surface area contributed by atoms with Crippen LogP contribution in [0.15, 0.2) is 18.3 Å². The van der Waals surface area contributed by atoms with Crippen molar-refractivity contribution in [3.8, 4) is 23.3 Å². The van der Waals surface area contributed by atoms with E-state index in [1.165, 1.54) is 0 Å². The summed E-state index contributed by atoms with van der Waals surface area (Å²) in [4.78, 5) is 8.26. The predicted octanol–water partition coefficient (Wildman–Crippen LogP) is 2.97. The first-order valence-corrected chi connectivity index (χ1v) is 8.00. The van der Waals surface area contributed by atoms with Crippen molar-refractivity contribution >= 4 is 40.2 Å². The van der Waals surface area contributed by atoms with Gasteiger partial charge in [0.1, 0.15) is 17.5 Å². The molecular weight excluding hydrogens is 363 g/mol. The molecule has 0 fully saturated rings. The average molecular weight is 377 g/mol. The fourth-order valence-electron chi connectivity index (χ4n) is 2.56. The number of ether oxygens (including phenoxy) is 1. The maximum Gasteiger partial charge on any atom is 0.223 e. The van der Waals surface area contributed by atoms with Crippen LogP contribution in [-0.4, -0.2) is 33.4 Å². The maximum atomic E-state index is 8.98. The molecule has 2 aromatic heterocycles. The number of aliphatic hydroxyl groups is 1. The number of nitrogens with zero attached hydrogens (tertiary/aromatic N) is 3. The molecule has 25 heavy (non-hydrogen) atoms. The quantitative estimate of drug-likeness (QED) is 0.530. The average Bonchev–Trinajstić information content (AvgIpc) is 2.93. The van der Waals surface area contributed by atoms with Crippen molar-refractivity contribution in [2.45, 2.75) is 6.92 Å². The van der Waals surface area contributed by atoms with Crippen LogP contribution in [0.3, 0.4) is 0 Å². The molecule has 0 saturated heterocycles. The highest BCUT2D eigenvalue weighted by Gasteiger charge is 2.18. The highest BCUT2D eigenvalue weighted by Crippen LogP contribution is 2.34. The molecule has 0 aliphatic heterocycles. The monoisotopic (exact) mass is 376 g/mol. The van der Waals surface area contributed by atoms with E-state index in [2.05, 4.69) is 21.8 Å². The second-order valence-electron chi connectivity index (χ2n) is 5.22. The van der Waals surface area contributed by atoms with Crippen LogP contribution in [0.1, 0.15) is 11.1 Å². The number of halogens is 2. The van der Waals surface area contributed by atoms with E-state index in [0.29, 0.717) is 33.1 Å². The Balaban J connectivity index is 2.36. The minimum Gasteiger partial charge on any atom is -0.496 e. The molecule has 3 rings (SSSR count). The standard InChI is InChI=1S/C17H14Cl2N4O2/c1-9-6-12(11(18)7-13(9)25-2)23-8-10(4-3-5-24)14-15(19)21-17(20)22-16(14)23/h6-8,24H,5H2,1-2H3,(H2,20,21,22). The minimum absolute atomic E-state index is 0.0415. The van der Waals surface area contributed by atoms with E-state index in [-0.39, 0.29) is 17.7 Å². The molecule has 0 atom stereocenters. The van der Waals surface area contributed by atoms with Crippen molar-refractivity contribution in [3.63, 3.8) is 0 Å². The van der Waals surface area contributed by atoms with Gasteiger partial charge in [-0.25, -0.2) is 4.98 Å². The van der Waals surface area contributed by atoms with Crippen LogP contribution in [0.2, 0.25) is 10.2 Å². The van der Waals surface area contributed by atoms with Gasteiger partial charge in [-0.15, -0.1) is 0 Å². The van der Waals surface area contributed by atoms with Gasteiger partial charge in [0.15, 0.2) is 5.65 Å². The van der Waals surface area contributed by atoms with Crippen LogP contribution < -0.4 is 10.5 Å². The number of fused-ring (bicyclic) bond motifs is 1. The lowest BCUT2D eigenvalue weighted by atomic mass is 10.2. The summed E-state index contributed by atoms with van der Waals surface area (Å²) in [5.74, 6) is 6.17. The van der Waals surface area contributed by atoms with Crippen LogP contribution in [-0.2, 0) is 0 Å². The summed E-state index contributed by atoms with van der Waals surface area (Å²) in [6, 6.07) is 3.60. The third-order valence-electron chi connectivity index (χ3n) is 3.64. The van der Waals surface area contributed by atoms with Gasteiger partial charge in [0.2, 0.25) is 5.95 Å². The fraction of sp³-hybridized carbons (Fsp3) is 0.176. The SMILES string of the molecule is COc1cc(Cl)c(-n2cc(C#CCO)c3c(Cl)nc(N)nc32)cc1C. The van der Waals surface area contributed by atoms with Gasteiger partial charge < -0.3 is 15.6 Å². The van der Waals surface area contributed by atoms with Crippen molar-refractivity contribution in [1.82, 2.24) is 14.5 Å².